The first-order chi connectivity index (χ1) is 12.5. The summed E-state index contributed by atoms with van der Waals surface area (Å²) in [6, 6.07) is 4.89. The van der Waals surface area contributed by atoms with Crippen molar-refractivity contribution in [2.75, 3.05) is 31.5 Å². The summed E-state index contributed by atoms with van der Waals surface area (Å²) in [5.74, 6) is -1.07. The van der Waals surface area contributed by atoms with Gasteiger partial charge in [0, 0.05) is 32.1 Å². The topological polar surface area (TPSA) is 95.7 Å². The van der Waals surface area contributed by atoms with E-state index >= 15 is 0 Å². The molecule has 0 saturated carbocycles. The van der Waals surface area contributed by atoms with Crippen LogP contribution in [0, 0.1) is 5.92 Å². The number of nitrogens with two attached hydrogens (primary N) is 1. The Morgan fingerprint density at radius 3 is 2.27 bits per heavy atom. The summed E-state index contributed by atoms with van der Waals surface area (Å²) >= 11 is 6.01. The van der Waals surface area contributed by atoms with Crippen LogP contribution < -0.4 is 11.1 Å². The van der Waals surface area contributed by atoms with Gasteiger partial charge in [-0.05, 0) is 37.8 Å². The highest BCUT2D eigenvalue weighted by Gasteiger charge is 2.31. The van der Waals surface area contributed by atoms with E-state index in [1.807, 2.05) is 9.80 Å². The fourth-order valence-electron chi connectivity index (χ4n) is 3.55. The molecule has 2 saturated heterocycles. The molecule has 0 atom stereocenters. The van der Waals surface area contributed by atoms with Crippen molar-refractivity contribution >= 4 is 35.1 Å². The number of carbonyl (C=O) groups is 3. The number of benzene rings is 1. The van der Waals surface area contributed by atoms with E-state index in [9.17, 15) is 14.4 Å². The lowest BCUT2D eigenvalue weighted by Gasteiger charge is -2.34. The van der Waals surface area contributed by atoms with E-state index in [0.29, 0.717) is 31.6 Å². The summed E-state index contributed by atoms with van der Waals surface area (Å²) in [5, 5.41) is 2.97. The van der Waals surface area contributed by atoms with E-state index in [4.69, 9.17) is 17.3 Å². The predicted octanol–water partition coefficient (Wildman–Crippen LogP) is 2.31. The Kier molecular flexibility index (Phi) is 5.66. The minimum atomic E-state index is -0.683. The number of carbonyl (C=O) groups excluding carboxylic acids is 3. The van der Waals surface area contributed by atoms with Crippen molar-refractivity contribution in [3.63, 3.8) is 0 Å². The SMILES string of the molecule is NC(=O)c1c(Cl)cccc1NC(=O)C1CCN(C(=O)N2CCCC2)CC1. The van der Waals surface area contributed by atoms with Crippen LogP contribution >= 0.6 is 11.6 Å². The van der Waals surface area contributed by atoms with Crippen molar-refractivity contribution in [2.24, 2.45) is 11.7 Å². The third-order valence-corrected chi connectivity index (χ3v) is 5.35. The summed E-state index contributed by atoms with van der Waals surface area (Å²) < 4.78 is 0. The highest BCUT2D eigenvalue weighted by molar-refractivity contribution is 6.34. The van der Waals surface area contributed by atoms with E-state index in [0.717, 1.165) is 25.9 Å². The molecule has 0 unspecified atom stereocenters. The molecule has 2 heterocycles. The third-order valence-electron chi connectivity index (χ3n) is 5.03. The predicted molar refractivity (Wildman–Crippen MR) is 99.1 cm³/mol. The van der Waals surface area contributed by atoms with Crippen molar-refractivity contribution in [2.45, 2.75) is 25.7 Å². The number of piperidine rings is 1. The second-order valence-electron chi connectivity index (χ2n) is 6.75. The molecule has 1 aromatic rings. The van der Waals surface area contributed by atoms with Crippen LogP contribution in [-0.4, -0.2) is 53.8 Å². The monoisotopic (exact) mass is 378 g/mol. The van der Waals surface area contributed by atoms with Crippen molar-refractivity contribution in [3.05, 3.63) is 28.8 Å². The molecular weight excluding hydrogens is 356 g/mol. The lowest BCUT2D eigenvalue weighted by molar-refractivity contribution is -0.121. The quantitative estimate of drug-likeness (QED) is 0.844. The molecule has 2 fully saturated rings. The summed E-state index contributed by atoms with van der Waals surface area (Å²) in [4.78, 5) is 40.3. The number of hydrogen-bond donors (Lipinski definition) is 2. The number of halogens is 1. The fourth-order valence-corrected chi connectivity index (χ4v) is 3.82. The fraction of sp³-hybridized carbons (Fsp3) is 0.500. The normalized spacial score (nSPS) is 18.0. The van der Waals surface area contributed by atoms with Gasteiger partial charge in [-0.15, -0.1) is 0 Å². The maximum absolute atomic E-state index is 12.6. The van der Waals surface area contributed by atoms with Crippen LogP contribution in [0.1, 0.15) is 36.0 Å². The number of rotatable bonds is 3. The Morgan fingerprint density at radius 2 is 1.65 bits per heavy atom. The number of likely N-dealkylation sites (tertiary alicyclic amines) is 2. The minimum absolute atomic E-state index is 0.0761. The lowest BCUT2D eigenvalue weighted by Crippen LogP contribution is -2.47. The average molecular weight is 379 g/mol. The Labute approximate surface area is 157 Å². The first-order valence-electron chi connectivity index (χ1n) is 8.90. The van der Waals surface area contributed by atoms with E-state index in [1.54, 1.807) is 18.2 Å². The van der Waals surface area contributed by atoms with Crippen LogP contribution in [0.15, 0.2) is 18.2 Å². The van der Waals surface area contributed by atoms with Gasteiger partial charge in [0.05, 0.1) is 16.3 Å². The molecule has 0 radical (unpaired) electrons. The number of hydrogen-bond acceptors (Lipinski definition) is 3. The van der Waals surface area contributed by atoms with Gasteiger partial charge in [0.1, 0.15) is 0 Å². The molecule has 3 rings (SSSR count). The number of primary amides is 1. The van der Waals surface area contributed by atoms with Crippen LogP contribution in [0.3, 0.4) is 0 Å². The first kappa shape index (κ1) is 18.5. The molecule has 4 amide bonds. The van der Waals surface area contributed by atoms with Gasteiger partial charge in [0.2, 0.25) is 5.91 Å². The van der Waals surface area contributed by atoms with Crippen molar-refractivity contribution in [1.29, 1.82) is 0 Å². The second kappa shape index (κ2) is 7.95. The van der Waals surface area contributed by atoms with Crippen molar-refractivity contribution in [3.8, 4) is 0 Å². The Morgan fingerprint density at radius 1 is 1.04 bits per heavy atom. The zero-order valence-corrected chi connectivity index (χ0v) is 15.3. The Bertz CT molecular complexity index is 710. The highest BCUT2D eigenvalue weighted by Crippen LogP contribution is 2.26. The second-order valence-corrected chi connectivity index (χ2v) is 7.16. The highest BCUT2D eigenvalue weighted by atomic mass is 35.5. The van der Waals surface area contributed by atoms with Crippen LogP contribution in [0.25, 0.3) is 0 Å². The maximum Gasteiger partial charge on any atom is 0.319 e. The number of anilines is 1. The zero-order valence-electron chi connectivity index (χ0n) is 14.5. The molecule has 2 aliphatic rings. The Hall–Kier alpha value is -2.28. The summed E-state index contributed by atoms with van der Waals surface area (Å²) in [6.45, 7) is 2.77. The van der Waals surface area contributed by atoms with Gasteiger partial charge in [0.25, 0.3) is 5.91 Å². The van der Waals surface area contributed by atoms with Gasteiger partial charge in [-0.25, -0.2) is 4.79 Å². The van der Waals surface area contributed by atoms with Gasteiger partial charge >= 0.3 is 6.03 Å². The molecule has 7 nitrogen and oxygen atoms in total. The molecule has 0 aromatic heterocycles. The molecule has 2 aliphatic heterocycles. The molecule has 8 heteroatoms. The maximum atomic E-state index is 12.6. The molecule has 140 valence electrons. The molecule has 0 bridgehead atoms. The number of amides is 4. The Balaban J connectivity index is 1.58. The van der Waals surface area contributed by atoms with Gasteiger partial charge in [-0.2, -0.15) is 0 Å². The van der Waals surface area contributed by atoms with Crippen LogP contribution in [-0.2, 0) is 4.79 Å². The van der Waals surface area contributed by atoms with Crippen LogP contribution in [0.5, 0.6) is 0 Å². The average Bonchev–Trinajstić information content (AvgIpc) is 3.15. The first-order valence-corrected chi connectivity index (χ1v) is 9.28. The molecule has 0 aliphatic carbocycles. The van der Waals surface area contributed by atoms with Gasteiger partial charge < -0.3 is 20.9 Å². The molecule has 0 spiro atoms. The number of nitrogens with zero attached hydrogens (tertiary/aromatic N) is 2. The summed E-state index contributed by atoms with van der Waals surface area (Å²) in [7, 11) is 0. The minimum Gasteiger partial charge on any atom is -0.365 e. The van der Waals surface area contributed by atoms with Crippen molar-refractivity contribution < 1.29 is 14.4 Å². The number of urea groups is 1. The largest absolute Gasteiger partial charge is 0.365 e. The molecule has 26 heavy (non-hydrogen) atoms. The zero-order chi connectivity index (χ0) is 18.7. The number of nitrogens with one attached hydrogen (secondary N) is 1. The molecular formula is C18H23ClN4O3. The molecule has 3 N–H and O–H groups in total. The van der Waals surface area contributed by atoms with Crippen LogP contribution in [0.4, 0.5) is 10.5 Å². The van der Waals surface area contributed by atoms with E-state index < -0.39 is 5.91 Å². The summed E-state index contributed by atoms with van der Waals surface area (Å²) in [5.41, 5.74) is 5.80. The van der Waals surface area contributed by atoms with E-state index in [1.165, 1.54) is 0 Å². The van der Waals surface area contributed by atoms with Crippen molar-refractivity contribution in [1.82, 2.24) is 9.80 Å². The summed E-state index contributed by atoms with van der Waals surface area (Å²) in [6.07, 6.45) is 3.31. The standard InChI is InChI=1S/C18H23ClN4O3/c19-13-4-3-5-14(15(13)16(20)24)21-17(25)12-6-10-23(11-7-12)18(26)22-8-1-2-9-22/h3-5,12H,1-2,6-11H2,(H2,20,24)(H,21,25). The van der Waals surface area contributed by atoms with E-state index in [-0.39, 0.29) is 28.4 Å². The van der Waals surface area contributed by atoms with E-state index in [2.05, 4.69) is 5.32 Å². The van der Waals surface area contributed by atoms with Gasteiger partial charge in [-0.3, -0.25) is 9.59 Å². The van der Waals surface area contributed by atoms with Gasteiger partial charge in [-0.1, -0.05) is 17.7 Å². The van der Waals surface area contributed by atoms with Gasteiger partial charge in [0.15, 0.2) is 0 Å². The van der Waals surface area contributed by atoms with Crippen LogP contribution in [0.2, 0.25) is 5.02 Å². The lowest BCUT2D eigenvalue weighted by atomic mass is 9.95. The smallest absolute Gasteiger partial charge is 0.319 e. The molecule has 1 aromatic carbocycles. The third kappa shape index (κ3) is 3.93.